The highest BCUT2D eigenvalue weighted by molar-refractivity contribution is 5.64. The lowest BCUT2D eigenvalue weighted by molar-refractivity contribution is -0.292. The van der Waals surface area contributed by atoms with Crippen molar-refractivity contribution in [2.75, 3.05) is 0 Å². The molecule has 0 aliphatic carbocycles. The van der Waals surface area contributed by atoms with Gasteiger partial charge in [-0.25, -0.2) is 13.8 Å². The van der Waals surface area contributed by atoms with Gasteiger partial charge in [0.2, 0.25) is 0 Å². The summed E-state index contributed by atoms with van der Waals surface area (Å²) in [6.07, 6.45) is -10.1. The van der Waals surface area contributed by atoms with Crippen LogP contribution in [-0.2, 0) is 19.1 Å². The Morgan fingerprint density at radius 2 is 1.65 bits per heavy atom. The predicted molar refractivity (Wildman–Crippen MR) is 85.4 cm³/mol. The van der Waals surface area contributed by atoms with Crippen molar-refractivity contribution in [3.8, 4) is 23.0 Å². The van der Waals surface area contributed by atoms with Gasteiger partial charge in [-0.2, -0.15) is 50.6 Å². The van der Waals surface area contributed by atoms with Gasteiger partial charge in [-0.3, -0.25) is 0 Å². The molecule has 0 saturated heterocycles. The molecule has 5 nitrogen and oxygen atoms in total. The van der Waals surface area contributed by atoms with Crippen LogP contribution in [0.25, 0.3) is 16.9 Å². The number of benzene rings is 1. The molecule has 0 atom stereocenters. The summed E-state index contributed by atoms with van der Waals surface area (Å²) in [7, 11) is 0.744. The van der Waals surface area contributed by atoms with Gasteiger partial charge in [0.1, 0.15) is 17.4 Å². The first-order valence-electron chi connectivity index (χ1n) is 8.02. The molecule has 3 rings (SSSR count). The molecule has 0 aliphatic heterocycles. The van der Waals surface area contributed by atoms with Gasteiger partial charge in [0.25, 0.3) is 0 Å². The van der Waals surface area contributed by atoms with Crippen molar-refractivity contribution in [1.82, 2.24) is 19.6 Å². The molecule has 14 heteroatoms. The Hall–Kier alpha value is -3.50. The van der Waals surface area contributed by atoms with Crippen LogP contribution >= 0.6 is 0 Å². The molecule has 0 unspecified atom stereocenters. The molecule has 0 fully saturated rings. The van der Waals surface area contributed by atoms with Crippen LogP contribution in [0.15, 0.2) is 30.6 Å². The minimum atomic E-state index is -6.32. The summed E-state index contributed by atoms with van der Waals surface area (Å²) >= 11 is 0. The van der Waals surface area contributed by atoms with E-state index in [1.807, 2.05) is 0 Å². The van der Waals surface area contributed by atoms with Gasteiger partial charge in [-0.1, -0.05) is 6.07 Å². The summed E-state index contributed by atoms with van der Waals surface area (Å²) in [5.41, 5.74) is -5.04. The second-order valence-corrected chi connectivity index (χ2v) is 6.22. The van der Waals surface area contributed by atoms with Crippen LogP contribution in [0.2, 0.25) is 0 Å². The van der Waals surface area contributed by atoms with Gasteiger partial charge in [-0.15, -0.1) is 0 Å². The summed E-state index contributed by atoms with van der Waals surface area (Å²) in [6, 6.07) is 4.71. The number of nitriles is 1. The van der Waals surface area contributed by atoms with Gasteiger partial charge in [0.15, 0.2) is 11.5 Å². The first-order chi connectivity index (χ1) is 14.2. The van der Waals surface area contributed by atoms with E-state index in [9.17, 15) is 39.5 Å². The Labute approximate surface area is 166 Å². The van der Waals surface area contributed by atoms with Crippen LogP contribution < -0.4 is 0 Å². The number of hydrogen-bond donors (Lipinski definition) is 0. The lowest BCUT2D eigenvalue weighted by Crippen LogP contribution is -2.36. The van der Waals surface area contributed by atoms with Gasteiger partial charge in [0, 0.05) is 18.8 Å². The third kappa shape index (κ3) is 3.71. The van der Waals surface area contributed by atoms with Crippen LogP contribution in [0.1, 0.15) is 16.8 Å². The molecule has 0 amide bonds. The molecule has 2 heterocycles. The van der Waals surface area contributed by atoms with Crippen molar-refractivity contribution in [1.29, 1.82) is 5.26 Å². The summed E-state index contributed by atoms with van der Waals surface area (Å²) in [5, 5.41) is 15.2. The van der Waals surface area contributed by atoms with E-state index in [4.69, 9.17) is 5.26 Å². The second-order valence-electron chi connectivity index (χ2n) is 6.22. The molecular formula is C17H8F9N5. The van der Waals surface area contributed by atoms with E-state index < -0.39 is 41.2 Å². The Morgan fingerprint density at radius 3 is 2.19 bits per heavy atom. The van der Waals surface area contributed by atoms with E-state index in [0.717, 1.165) is 31.6 Å². The Balaban J connectivity index is 2.21. The van der Waals surface area contributed by atoms with Crippen LogP contribution in [0.4, 0.5) is 39.5 Å². The summed E-state index contributed by atoms with van der Waals surface area (Å²) in [4.78, 5) is 0. The predicted octanol–water partition coefficient (Wildman–Crippen LogP) is 4.96. The molecular weight excluding hydrogens is 445 g/mol. The minimum Gasteiger partial charge on any atom is -0.250 e. The number of halogens is 9. The number of aromatic nitrogens is 4. The first kappa shape index (κ1) is 22.2. The number of rotatable bonds is 3. The fraction of sp³-hybridized carbons (Fsp3) is 0.235. The van der Waals surface area contributed by atoms with Crippen LogP contribution in [0.5, 0.6) is 0 Å². The van der Waals surface area contributed by atoms with Crippen molar-refractivity contribution in [2.24, 2.45) is 7.05 Å². The van der Waals surface area contributed by atoms with Crippen LogP contribution in [0.3, 0.4) is 0 Å². The van der Waals surface area contributed by atoms with E-state index in [0.29, 0.717) is 4.68 Å². The zero-order valence-corrected chi connectivity index (χ0v) is 15.0. The molecule has 1 aromatic carbocycles. The van der Waals surface area contributed by atoms with Crippen molar-refractivity contribution in [3.05, 3.63) is 53.2 Å². The average Bonchev–Trinajstić information content (AvgIpc) is 3.25. The maximum absolute atomic E-state index is 13.8. The Morgan fingerprint density at radius 1 is 1.00 bits per heavy atom. The molecule has 31 heavy (non-hydrogen) atoms. The average molecular weight is 453 g/mol. The van der Waals surface area contributed by atoms with Crippen LogP contribution in [-0.4, -0.2) is 25.7 Å². The summed E-state index contributed by atoms with van der Waals surface area (Å²) in [6.45, 7) is 0. The molecule has 3 aromatic rings. The van der Waals surface area contributed by atoms with Crippen molar-refractivity contribution in [3.63, 3.8) is 0 Å². The molecule has 0 N–H and O–H groups in total. The molecule has 0 aliphatic rings. The zero-order valence-electron chi connectivity index (χ0n) is 15.0. The topological polar surface area (TPSA) is 59.4 Å². The number of hydrogen-bond acceptors (Lipinski definition) is 3. The lowest BCUT2D eigenvalue weighted by atomic mass is 10.1. The van der Waals surface area contributed by atoms with E-state index in [1.165, 1.54) is 6.07 Å². The largest absolute Gasteiger partial charge is 0.459 e. The SMILES string of the molecule is Cn1nc(C(F)(F)C(F)(F)F)c(C(F)(F)F)c1-n1cc(-c2ccc(F)c(C#N)c2)cn1. The highest BCUT2D eigenvalue weighted by Crippen LogP contribution is 2.49. The van der Waals surface area contributed by atoms with E-state index in [-0.39, 0.29) is 21.4 Å². The Bertz CT molecular complexity index is 1180. The maximum atomic E-state index is 13.8. The fourth-order valence-corrected chi connectivity index (χ4v) is 2.77. The molecule has 0 radical (unpaired) electrons. The highest BCUT2D eigenvalue weighted by Gasteiger charge is 2.64. The molecule has 2 aromatic heterocycles. The van der Waals surface area contributed by atoms with Crippen molar-refractivity contribution in [2.45, 2.75) is 18.3 Å². The van der Waals surface area contributed by atoms with Crippen molar-refractivity contribution < 1.29 is 39.5 Å². The van der Waals surface area contributed by atoms with E-state index in [1.54, 1.807) is 6.07 Å². The summed E-state index contributed by atoms with van der Waals surface area (Å²) < 4.78 is 120. The third-order valence-corrected chi connectivity index (χ3v) is 4.17. The van der Waals surface area contributed by atoms with Gasteiger partial charge in [-0.05, 0) is 17.7 Å². The quantitative estimate of drug-likeness (QED) is 0.527. The monoisotopic (exact) mass is 453 g/mol. The van der Waals surface area contributed by atoms with E-state index in [2.05, 4.69) is 10.2 Å². The molecule has 0 spiro atoms. The van der Waals surface area contributed by atoms with Crippen LogP contribution in [0, 0.1) is 17.1 Å². The number of nitrogens with zero attached hydrogens (tertiary/aromatic N) is 5. The smallest absolute Gasteiger partial charge is 0.250 e. The number of aryl methyl sites for hydroxylation is 1. The molecule has 0 bridgehead atoms. The van der Waals surface area contributed by atoms with Gasteiger partial charge >= 0.3 is 18.3 Å². The van der Waals surface area contributed by atoms with Gasteiger partial charge in [0.05, 0.1) is 11.8 Å². The highest BCUT2D eigenvalue weighted by atomic mass is 19.4. The third-order valence-electron chi connectivity index (χ3n) is 4.17. The second kappa shape index (κ2) is 7.03. The van der Waals surface area contributed by atoms with Crippen molar-refractivity contribution >= 4 is 0 Å². The standard InChI is InChI=1S/C17H8F9N5/c1-30-14(12(16(21,22)23)13(29-30)15(19,20)17(24,25)26)31-7-10(6-28-31)8-2-3-11(18)9(4-8)5-27/h2-4,6-7H,1H3. The first-order valence-corrected chi connectivity index (χ1v) is 8.02. The number of alkyl halides is 8. The van der Waals surface area contributed by atoms with E-state index >= 15 is 0 Å². The normalized spacial score (nSPS) is 12.8. The minimum absolute atomic E-state index is 0.0370. The lowest BCUT2D eigenvalue weighted by Gasteiger charge is -2.19. The Kier molecular flexibility index (Phi) is 5.03. The maximum Gasteiger partial charge on any atom is 0.459 e. The zero-order chi connectivity index (χ0) is 23.4. The molecule has 0 saturated carbocycles. The summed E-state index contributed by atoms with van der Waals surface area (Å²) in [5.74, 6) is -7.94. The fourth-order valence-electron chi connectivity index (χ4n) is 2.77. The molecule has 164 valence electrons. The van der Waals surface area contributed by atoms with Gasteiger partial charge < -0.3 is 0 Å².